The first-order valence-corrected chi connectivity index (χ1v) is 9.78. The molecule has 30 heavy (non-hydrogen) atoms. The van der Waals surface area contributed by atoms with E-state index in [2.05, 4.69) is 14.8 Å². The molecule has 9 nitrogen and oxygen atoms in total. The topological polar surface area (TPSA) is 89.8 Å². The Hall–Kier alpha value is -3.01. The molecular weight excluding hydrogens is 393 g/mol. The van der Waals surface area contributed by atoms with Crippen molar-refractivity contribution in [1.82, 2.24) is 24.6 Å². The van der Waals surface area contributed by atoms with Gasteiger partial charge >= 0.3 is 6.09 Å². The van der Waals surface area contributed by atoms with Crippen LogP contribution < -0.4 is 0 Å². The third-order valence-electron chi connectivity index (χ3n) is 5.87. The number of carbonyl (C=O) groups excluding carboxylic acids is 2. The molecule has 2 amide bonds. The van der Waals surface area contributed by atoms with Crippen molar-refractivity contribution in [3.05, 3.63) is 35.9 Å². The largest absolute Gasteiger partial charge is 0.453 e. The Morgan fingerprint density at radius 3 is 2.43 bits per heavy atom. The number of ether oxygens (including phenoxy) is 2. The number of fused-ring (bicyclic) bond motifs is 2. The minimum Gasteiger partial charge on any atom is -0.453 e. The van der Waals surface area contributed by atoms with E-state index < -0.39 is 11.6 Å². The fraction of sp³-hybridized carbons (Fsp3) is 0.500. The van der Waals surface area contributed by atoms with Crippen molar-refractivity contribution in [1.29, 1.82) is 0 Å². The van der Waals surface area contributed by atoms with E-state index in [9.17, 15) is 14.0 Å². The zero-order valence-electron chi connectivity index (χ0n) is 17.0. The number of hydrogen-bond donors (Lipinski definition) is 0. The maximum absolute atomic E-state index is 13.4. The van der Waals surface area contributed by atoms with Crippen molar-refractivity contribution in [2.45, 2.75) is 24.9 Å². The summed E-state index contributed by atoms with van der Waals surface area (Å²) in [5.74, 6) is 0.887. The van der Waals surface area contributed by atoms with Gasteiger partial charge in [0, 0.05) is 32.3 Å². The van der Waals surface area contributed by atoms with Crippen LogP contribution in [0.5, 0.6) is 0 Å². The zero-order valence-corrected chi connectivity index (χ0v) is 17.0. The fourth-order valence-electron chi connectivity index (χ4n) is 4.38. The molecule has 2 aliphatic rings. The standard InChI is InChI=1S/C20H24FN5O4/c1-29-12-17(27)24-9-7-20(8-10-24)13-25(19(28)30-2)11-16-22-23-18(26(16)20)14-3-5-15(21)6-4-14/h3-6H,7-13H2,1-2H3. The van der Waals surface area contributed by atoms with Crippen molar-refractivity contribution in [3.63, 3.8) is 0 Å². The van der Waals surface area contributed by atoms with E-state index in [-0.39, 0.29) is 24.9 Å². The molecule has 1 aromatic carbocycles. The van der Waals surface area contributed by atoms with Crippen molar-refractivity contribution >= 4 is 12.0 Å². The molecule has 0 unspecified atom stereocenters. The molecule has 1 saturated heterocycles. The quantitative estimate of drug-likeness (QED) is 0.754. The lowest BCUT2D eigenvalue weighted by Gasteiger charge is -2.48. The fourth-order valence-corrected chi connectivity index (χ4v) is 4.38. The number of carbonyl (C=O) groups is 2. The van der Waals surface area contributed by atoms with E-state index in [1.807, 2.05) is 0 Å². The summed E-state index contributed by atoms with van der Waals surface area (Å²) in [6.07, 6.45) is 0.814. The van der Waals surface area contributed by atoms with Crippen molar-refractivity contribution in [3.8, 4) is 11.4 Å². The molecule has 2 aliphatic heterocycles. The van der Waals surface area contributed by atoms with Crippen LogP contribution in [0.1, 0.15) is 18.7 Å². The van der Waals surface area contributed by atoms with Crippen LogP contribution in [0.4, 0.5) is 9.18 Å². The summed E-state index contributed by atoms with van der Waals surface area (Å²) < 4.78 is 25.4. The lowest BCUT2D eigenvalue weighted by molar-refractivity contribution is -0.137. The molecule has 1 spiro atoms. The number of benzene rings is 1. The third kappa shape index (κ3) is 3.51. The molecule has 0 radical (unpaired) electrons. The van der Waals surface area contributed by atoms with Crippen molar-refractivity contribution in [2.75, 3.05) is 40.5 Å². The summed E-state index contributed by atoms with van der Waals surface area (Å²) in [4.78, 5) is 27.9. The second-order valence-corrected chi connectivity index (χ2v) is 7.65. The SMILES string of the molecule is COCC(=O)N1CCC2(CC1)CN(C(=O)OC)Cc1nnc(-c3ccc(F)cc3)n12. The predicted octanol–water partition coefficient (Wildman–Crippen LogP) is 1.63. The van der Waals surface area contributed by atoms with Crippen LogP contribution in [0.25, 0.3) is 11.4 Å². The van der Waals surface area contributed by atoms with Gasteiger partial charge in [0.2, 0.25) is 5.91 Å². The maximum Gasteiger partial charge on any atom is 0.409 e. The summed E-state index contributed by atoms with van der Waals surface area (Å²) in [6.45, 7) is 1.79. The Morgan fingerprint density at radius 1 is 1.10 bits per heavy atom. The summed E-state index contributed by atoms with van der Waals surface area (Å²) in [5.41, 5.74) is 0.262. The van der Waals surface area contributed by atoms with Crippen LogP contribution in [-0.4, -0.2) is 77.0 Å². The van der Waals surface area contributed by atoms with Crippen LogP contribution in [0.3, 0.4) is 0 Å². The van der Waals surface area contributed by atoms with Gasteiger partial charge in [0.05, 0.1) is 19.2 Å². The highest BCUT2D eigenvalue weighted by molar-refractivity contribution is 5.77. The Morgan fingerprint density at radius 2 is 1.80 bits per heavy atom. The predicted molar refractivity (Wildman–Crippen MR) is 104 cm³/mol. The number of aromatic nitrogens is 3. The number of rotatable bonds is 3. The highest BCUT2D eigenvalue weighted by atomic mass is 19.1. The van der Waals surface area contributed by atoms with Gasteiger partial charge in [-0.3, -0.25) is 9.69 Å². The Balaban J connectivity index is 1.71. The van der Waals surface area contributed by atoms with E-state index in [0.29, 0.717) is 44.1 Å². The Bertz CT molecular complexity index is 937. The number of halogens is 1. The lowest BCUT2D eigenvalue weighted by Crippen LogP contribution is -2.57. The van der Waals surface area contributed by atoms with Gasteiger partial charge in [-0.25, -0.2) is 9.18 Å². The second-order valence-electron chi connectivity index (χ2n) is 7.65. The number of likely N-dealkylation sites (tertiary alicyclic amines) is 1. The lowest BCUT2D eigenvalue weighted by atomic mass is 9.84. The van der Waals surface area contributed by atoms with Gasteiger partial charge < -0.3 is 18.9 Å². The molecule has 1 fully saturated rings. The van der Waals surface area contributed by atoms with Gasteiger partial charge in [-0.15, -0.1) is 10.2 Å². The van der Waals surface area contributed by atoms with E-state index in [1.165, 1.54) is 26.4 Å². The van der Waals surface area contributed by atoms with E-state index in [1.54, 1.807) is 21.9 Å². The molecular formula is C20H24FN5O4. The third-order valence-corrected chi connectivity index (χ3v) is 5.87. The van der Waals surface area contributed by atoms with E-state index >= 15 is 0 Å². The Labute approximate surface area is 173 Å². The first-order chi connectivity index (χ1) is 14.5. The molecule has 0 N–H and O–H groups in total. The summed E-state index contributed by atoms with van der Waals surface area (Å²) >= 11 is 0. The second kappa shape index (κ2) is 8.02. The minimum absolute atomic E-state index is 0.0417. The highest BCUT2D eigenvalue weighted by Gasteiger charge is 2.46. The summed E-state index contributed by atoms with van der Waals surface area (Å²) in [7, 11) is 2.85. The van der Waals surface area contributed by atoms with Gasteiger partial charge in [-0.2, -0.15) is 0 Å². The van der Waals surface area contributed by atoms with E-state index in [0.717, 1.165) is 5.56 Å². The molecule has 0 saturated carbocycles. The number of amides is 2. The van der Waals surface area contributed by atoms with E-state index in [4.69, 9.17) is 9.47 Å². The smallest absolute Gasteiger partial charge is 0.409 e. The molecule has 160 valence electrons. The van der Waals surface area contributed by atoms with Crippen LogP contribution >= 0.6 is 0 Å². The summed E-state index contributed by atoms with van der Waals surface area (Å²) in [6, 6.07) is 6.12. The van der Waals surface area contributed by atoms with Crippen LogP contribution in [0.2, 0.25) is 0 Å². The zero-order chi connectivity index (χ0) is 21.3. The monoisotopic (exact) mass is 417 g/mol. The van der Waals surface area contributed by atoms with Gasteiger partial charge in [-0.1, -0.05) is 0 Å². The number of piperidine rings is 1. The van der Waals surface area contributed by atoms with Gasteiger partial charge in [0.25, 0.3) is 0 Å². The number of nitrogens with zero attached hydrogens (tertiary/aromatic N) is 5. The average molecular weight is 417 g/mol. The summed E-state index contributed by atoms with van der Waals surface area (Å²) in [5, 5.41) is 8.69. The maximum atomic E-state index is 13.4. The van der Waals surface area contributed by atoms with Crippen LogP contribution in [0.15, 0.2) is 24.3 Å². The molecule has 0 bridgehead atoms. The molecule has 1 aromatic heterocycles. The first-order valence-electron chi connectivity index (χ1n) is 9.78. The molecule has 3 heterocycles. The van der Waals surface area contributed by atoms with Gasteiger partial charge in [0.15, 0.2) is 11.6 Å². The average Bonchev–Trinajstić information content (AvgIpc) is 3.19. The molecule has 2 aromatic rings. The van der Waals surface area contributed by atoms with Gasteiger partial charge in [-0.05, 0) is 37.1 Å². The number of hydrogen-bond acceptors (Lipinski definition) is 6. The minimum atomic E-state index is -0.487. The molecule has 4 rings (SSSR count). The molecule has 10 heteroatoms. The Kier molecular flexibility index (Phi) is 5.42. The van der Waals surface area contributed by atoms with Crippen LogP contribution in [0, 0.1) is 5.82 Å². The molecule has 0 aliphatic carbocycles. The van der Waals surface area contributed by atoms with Crippen LogP contribution in [-0.2, 0) is 26.4 Å². The number of methoxy groups -OCH3 is 2. The molecule has 0 atom stereocenters. The first kappa shape index (κ1) is 20.3. The van der Waals surface area contributed by atoms with Gasteiger partial charge in [0.1, 0.15) is 12.4 Å². The van der Waals surface area contributed by atoms with Crippen molar-refractivity contribution in [2.24, 2.45) is 0 Å². The highest BCUT2D eigenvalue weighted by Crippen LogP contribution is 2.39. The normalized spacial score (nSPS) is 17.7. The van der Waals surface area contributed by atoms with Crippen molar-refractivity contribution < 1.29 is 23.5 Å².